The summed E-state index contributed by atoms with van der Waals surface area (Å²) < 4.78 is 1.01. The fraction of sp³-hybridized carbons (Fsp3) is 0.364. The van der Waals surface area contributed by atoms with Crippen LogP contribution in [0.2, 0.25) is 5.02 Å². The Morgan fingerprint density at radius 2 is 1.79 bits per heavy atom. The predicted octanol–water partition coefficient (Wildman–Crippen LogP) is 5.90. The van der Waals surface area contributed by atoms with Crippen molar-refractivity contribution in [1.82, 2.24) is 9.88 Å². The molecule has 0 unspecified atom stereocenters. The number of benzene rings is 2. The van der Waals surface area contributed by atoms with Crippen LogP contribution in [0, 0.1) is 20.8 Å². The maximum atomic E-state index is 13.5. The van der Waals surface area contributed by atoms with Crippen molar-refractivity contribution in [2.75, 3.05) is 32.1 Å². The quantitative estimate of drug-likeness (QED) is 0.468. The molecule has 0 atom stereocenters. The highest BCUT2D eigenvalue weighted by atomic mass is 35.5. The fourth-order valence-electron chi connectivity index (χ4n) is 3.20. The minimum atomic E-state index is 0. The van der Waals surface area contributed by atoms with E-state index in [0.717, 1.165) is 50.6 Å². The molecular formula is C22H27Cl2N3OS. The molecule has 2 aromatic carbocycles. The lowest BCUT2D eigenvalue weighted by Gasteiger charge is -2.22. The van der Waals surface area contributed by atoms with Crippen LogP contribution in [0.15, 0.2) is 30.3 Å². The van der Waals surface area contributed by atoms with Crippen LogP contribution in [-0.4, -0.2) is 43.0 Å². The first-order valence-electron chi connectivity index (χ1n) is 9.37. The summed E-state index contributed by atoms with van der Waals surface area (Å²) >= 11 is 7.74. The minimum absolute atomic E-state index is 0. The second-order valence-corrected chi connectivity index (χ2v) is 8.94. The third-order valence-electron chi connectivity index (χ3n) is 4.73. The molecule has 1 aromatic heterocycles. The lowest BCUT2D eigenvalue weighted by atomic mass is 10.0. The summed E-state index contributed by atoms with van der Waals surface area (Å²) in [5.74, 6) is 0.00256. The van der Waals surface area contributed by atoms with Crippen molar-refractivity contribution in [3.05, 3.63) is 57.6 Å². The number of carbonyl (C=O) groups is 1. The molecule has 4 nitrogen and oxygen atoms in total. The van der Waals surface area contributed by atoms with Crippen molar-refractivity contribution >= 4 is 56.6 Å². The van der Waals surface area contributed by atoms with Gasteiger partial charge in [-0.3, -0.25) is 9.69 Å². The number of nitrogens with zero attached hydrogens (tertiary/aromatic N) is 3. The molecule has 3 aromatic rings. The highest BCUT2D eigenvalue weighted by molar-refractivity contribution is 7.22. The molecule has 0 spiro atoms. The van der Waals surface area contributed by atoms with Gasteiger partial charge in [0.1, 0.15) is 0 Å². The molecule has 0 N–H and O–H groups in total. The lowest BCUT2D eigenvalue weighted by molar-refractivity contribution is 0.0985. The van der Waals surface area contributed by atoms with Crippen LogP contribution < -0.4 is 4.90 Å². The predicted molar refractivity (Wildman–Crippen MR) is 127 cm³/mol. The summed E-state index contributed by atoms with van der Waals surface area (Å²) in [5, 5.41) is 1.42. The van der Waals surface area contributed by atoms with E-state index in [2.05, 4.69) is 4.90 Å². The third-order valence-corrected chi connectivity index (χ3v) is 5.97. The van der Waals surface area contributed by atoms with Crippen molar-refractivity contribution < 1.29 is 4.79 Å². The number of anilines is 1. The molecule has 156 valence electrons. The van der Waals surface area contributed by atoms with E-state index in [1.54, 1.807) is 0 Å². The van der Waals surface area contributed by atoms with Crippen LogP contribution in [0.3, 0.4) is 0 Å². The first-order valence-corrected chi connectivity index (χ1v) is 10.6. The Hall–Kier alpha value is -1.66. The third kappa shape index (κ3) is 5.48. The highest BCUT2D eigenvalue weighted by Gasteiger charge is 2.23. The molecule has 3 rings (SSSR count). The summed E-state index contributed by atoms with van der Waals surface area (Å²) in [5.41, 5.74) is 4.73. The van der Waals surface area contributed by atoms with E-state index in [1.165, 1.54) is 11.3 Å². The Bertz CT molecular complexity index is 1020. The topological polar surface area (TPSA) is 36.4 Å². The van der Waals surface area contributed by atoms with Gasteiger partial charge in [-0.05, 0) is 77.2 Å². The molecule has 1 heterocycles. The van der Waals surface area contributed by atoms with E-state index >= 15 is 0 Å². The zero-order valence-corrected chi connectivity index (χ0v) is 19.8. The molecule has 0 saturated heterocycles. The number of halogens is 2. The molecule has 0 aliphatic heterocycles. The van der Waals surface area contributed by atoms with E-state index in [9.17, 15) is 4.79 Å². The summed E-state index contributed by atoms with van der Waals surface area (Å²) in [6.45, 7) is 7.52. The van der Waals surface area contributed by atoms with Crippen molar-refractivity contribution in [2.45, 2.75) is 27.2 Å². The fourth-order valence-corrected chi connectivity index (χ4v) is 4.64. The Morgan fingerprint density at radius 3 is 2.48 bits per heavy atom. The number of hydrogen-bond donors (Lipinski definition) is 0. The van der Waals surface area contributed by atoms with Crippen molar-refractivity contribution in [2.24, 2.45) is 0 Å². The average molecular weight is 452 g/mol. The number of hydrogen-bond acceptors (Lipinski definition) is 4. The number of thiazole rings is 1. The maximum Gasteiger partial charge on any atom is 0.260 e. The summed E-state index contributed by atoms with van der Waals surface area (Å²) in [6.07, 6.45) is 0.874. The van der Waals surface area contributed by atoms with Gasteiger partial charge in [-0.2, -0.15) is 0 Å². The van der Waals surface area contributed by atoms with E-state index in [0.29, 0.717) is 11.6 Å². The number of fused-ring (bicyclic) bond motifs is 1. The van der Waals surface area contributed by atoms with Crippen molar-refractivity contribution in [3.8, 4) is 0 Å². The monoisotopic (exact) mass is 451 g/mol. The van der Waals surface area contributed by atoms with Gasteiger partial charge >= 0.3 is 0 Å². The molecule has 0 bridgehead atoms. The molecule has 0 fully saturated rings. The van der Waals surface area contributed by atoms with E-state index in [-0.39, 0.29) is 18.3 Å². The average Bonchev–Trinajstić information content (AvgIpc) is 3.04. The van der Waals surface area contributed by atoms with Crippen molar-refractivity contribution in [1.29, 1.82) is 0 Å². The van der Waals surface area contributed by atoms with Crippen LogP contribution in [-0.2, 0) is 0 Å². The van der Waals surface area contributed by atoms with Gasteiger partial charge in [-0.15, -0.1) is 12.4 Å². The van der Waals surface area contributed by atoms with E-state index < -0.39 is 0 Å². The van der Waals surface area contributed by atoms with Gasteiger partial charge in [-0.1, -0.05) is 40.6 Å². The number of amides is 1. The van der Waals surface area contributed by atoms with Gasteiger partial charge < -0.3 is 4.90 Å². The standard InChI is InChI=1S/C22H26ClN3OS.ClH/c1-14-7-8-15(2)18(11-14)21(27)26(10-6-9-25(4)5)22-24-20-16(3)12-17(23)13-19(20)28-22;/h7-8,11-13H,6,9-10H2,1-5H3;1H. The molecular weight excluding hydrogens is 425 g/mol. The maximum absolute atomic E-state index is 13.5. The minimum Gasteiger partial charge on any atom is -0.309 e. The van der Waals surface area contributed by atoms with Crippen LogP contribution in [0.1, 0.15) is 33.5 Å². The largest absolute Gasteiger partial charge is 0.309 e. The van der Waals surface area contributed by atoms with Gasteiger partial charge in [-0.25, -0.2) is 4.98 Å². The van der Waals surface area contributed by atoms with Gasteiger partial charge in [0, 0.05) is 17.1 Å². The van der Waals surface area contributed by atoms with Gasteiger partial charge in [0.15, 0.2) is 5.13 Å². The number of carbonyl (C=O) groups excluding carboxylic acids is 1. The molecule has 0 radical (unpaired) electrons. The molecule has 29 heavy (non-hydrogen) atoms. The van der Waals surface area contributed by atoms with Gasteiger partial charge in [0.05, 0.1) is 10.2 Å². The highest BCUT2D eigenvalue weighted by Crippen LogP contribution is 2.34. The Labute approximate surface area is 187 Å². The smallest absolute Gasteiger partial charge is 0.260 e. The van der Waals surface area contributed by atoms with Crippen molar-refractivity contribution in [3.63, 3.8) is 0 Å². The first-order chi connectivity index (χ1) is 13.3. The Kier molecular flexibility index (Phi) is 8.06. The zero-order chi connectivity index (χ0) is 20.4. The molecule has 7 heteroatoms. The van der Waals surface area contributed by atoms with Gasteiger partial charge in [0.25, 0.3) is 5.91 Å². The second kappa shape index (κ2) is 9.90. The van der Waals surface area contributed by atoms with Crippen LogP contribution >= 0.6 is 35.3 Å². The normalized spacial score (nSPS) is 11.0. The summed E-state index contributed by atoms with van der Waals surface area (Å²) in [4.78, 5) is 22.2. The number of aryl methyl sites for hydroxylation is 3. The van der Waals surface area contributed by atoms with Crippen LogP contribution in [0.5, 0.6) is 0 Å². The summed E-state index contributed by atoms with van der Waals surface area (Å²) in [6, 6.07) is 9.84. The Morgan fingerprint density at radius 1 is 1.07 bits per heavy atom. The van der Waals surface area contributed by atoms with Crippen LogP contribution in [0.25, 0.3) is 10.2 Å². The zero-order valence-electron chi connectivity index (χ0n) is 17.5. The van der Waals surface area contributed by atoms with Gasteiger partial charge in [0.2, 0.25) is 0 Å². The summed E-state index contributed by atoms with van der Waals surface area (Å²) in [7, 11) is 4.08. The number of aromatic nitrogens is 1. The van der Waals surface area contributed by atoms with E-state index in [1.807, 2.05) is 70.1 Å². The SMILES string of the molecule is Cc1ccc(C)c(C(=O)N(CCCN(C)C)c2nc3c(C)cc(Cl)cc3s2)c1.Cl. The molecule has 0 saturated carbocycles. The van der Waals surface area contributed by atoms with Crippen LogP contribution in [0.4, 0.5) is 5.13 Å². The Balaban J connectivity index is 0.00000300. The molecule has 0 aliphatic rings. The lowest BCUT2D eigenvalue weighted by Crippen LogP contribution is -2.34. The second-order valence-electron chi connectivity index (χ2n) is 7.50. The molecule has 0 aliphatic carbocycles. The number of rotatable bonds is 6. The first kappa shape index (κ1) is 23.6. The van der Waals surface area contributed by atoms with E-state index in [4.69, 9.17) is 16.6 Å². The molecule has 1 amide bonds.